The minimum atomic E-state index is -0.467. The summed E-state index contributed by atoms with van der Waals surface area (Å²) in [7, 11) is 0. The fourth-order valence-electron chi connectivity index (χ4n) is 1.71. The van der Waals surface area contributed by atoms with Crippen LogP contribution in [0.2, 0.25) is 0 Å². The van der Waals surface area contributed by atoms with E-state index in [1.807, 2.05) is 13.0 Å². The summed E-state index contributed by atoms with van der Waals surface area (Å²) in [4.78, 5) is 12.1. The summed E-state index contributed by atoms with van der Waals surface area (Å²) in [6, 6.07) is 9.29. The first-order valence-corrected chi connectivity index (χ1v) is 6.40. The van der Waals surface area contributed by atoms with E-state index in [9.17, 15) is 9.18 Å². The lowest BCUT2D eigenvalue weighted by Gasteiger charge is -2.12. The van der Waals surface area contributed by atoms with Crippen molar-refractivity contribution in [1.29, 1.82) is 0 Å². The summed E-state index contributed by atoms with van der Waals surface area (Å²) >= 11 is 3.22. The molecule has 0 saturated heterocycles. The second-order valence-electron chi connectivity index (χ2n) is 4.12. The number of nitrogens with two attached hydrogens (primary N) is 1. The molecule has 1 amide bonds. The summed E-state index contributed by atoms with van der Waals surface area (Å²) in [6.45, 7) is 1.84. The van der Waals surface area contributed by atoms with Crippen LogP contribution in [0.4, 0.5) is 15.8 Å². The van der Waals surface area contributed by atoms with Crippen LogP contribution in [-0.2, 0) is 0 Å². The van der Waals surface area contributed by atoms with Crippen LogP contribution in [0.25, 0.3) is 0 Å². The van der Waals surface area contributed by atoms with Gasteiger partial charge in [0.2, 0.25) is 0 Å². The molecule has 0 saturated carbocycles. The Morgan fingerprint density at radius 1 is 1.32 bits per heavy atom. The minimum absolute atomic E-state index is 0.225. The number of amides is 1. The topological polar surface area (TPSA) is 55.1 Å². The number of hydrogen-bond acceptors (Lipinski definition) is 2. The van der Waals surface area contributed by atoms with E-state index >= 15 is 0 Å². The molecule has 0 unspecified atom stereocenters. The van der Waals surface area contributed by atoms with Crippen molar-refractivity contribution >= 4 is 33.2 Å². The van der Waals surface area contributed by atoms with Crippen LogP contribution >= 0.6 is 15.9 Å². The Morgan fingerprint density at radius 3 is 2.74 bits per heavy atom. The monoisotopic (exact) mass is 322 g/mol. The van der Waals surface area contributed by atoms with Gasteiger partial charge in [-0.3, -0.25) is 4.79 Å². The Labute approximate surface area is 118 Å². The van der Waals surface area contributed by atoms with E-state index in [-0.39, 0.29) is 5.56 Å². The zero-order chi connectivity index (χ0) is 14.0. The molecule has 0 spiro atoms. The molecule has 0 radical (unpaired) electrons. The van der Waals surface area contributed by atoms with E-state index in [1.165, 1.54) is 18.2 Å². The molecular weight excluding hydrogens is 311 g/mol. The molecule has 5 heteroatoms. The molecule has 0 aliphatic heterocycles. The van der Waals surface area contributed by atoms with Gasteiger partial charge >= 0.3 is 0 Å². The lowest BCUT2D eigenvalue weighted by molar-refractivity contribution is 0.102. The van der Waals surface area contributed by atoms with Crippen LogP contribution in [0.1, 0.15) is 15.9 Å². The Kier molecular flexibility index (Phi) is 3.85. The Bertz CT molecular complexity index is 623. The van der Waals surface area contributed by atoms with E-state index in [2.05, 4.69) is 21.2 Å². The molecule has 0 fully saturated rings. The Morgan fingerprint density at radius 2 is 2.05 bits per heavy atom. The fraction of sp³-hybridized carbons (Fsp3) is 0.0714. The predicted molar refractivity (Wildman–Crippen MR) is 77.6 cm³/mol. The third-order valence-electron chi connectivity index (χ3n) is 2.72. The highest BCUT2D eigenvalue weighted by Gasteiger charge is 2.13. The number of carbonyl (C=O) groups excluding carboxylic acids is 1. The van der Waals surface area contributed by atoms with Crippen molar-refractivity contribution in [3.63, 3.8) is 0 Å². The van der Waals surface area contributed by atoms with E-state index in [4.69, 9.17) is 5.73 Å². The molecule has 0 aliphatic rings. The number of rotatable bonds is 2. The predicted octanol–water partition coefficient (Wildman–Crippen LogP) is 3.73. The van der Waals surface area contributed by atoms with Crippen LogP contribution in [0.3, 0.4) is 0 Å². The van der Waals surface area contributed by atoms with E-state index in [0.717, 1.165) is 5.56 Å². The highest BCUT2D eigenvalue weighted by atomic mass is 79.9. The number of hydrogen-bond donors (Lipinski definition) is 2. The van der Waals surface area contributed by atoms with Crippen LogP contribution in [0, 0.1) is 12.7 Å². The molecule has 98 valence electrons. The highest BCUT2D eigenvalue weighted by Crippen LogP contribution is 2.25. The average molecular weight is 323 g/mol. The van der Waals surface area contributed by atoms with Gasteiger partial charge in [0.1, 0.15) is 5.82 Å². The van der Waals surface area contributed by atoms with E-state index in [1.54, 1.807) is 12.1 Å². The summed E-state index contributed by atoms with van der Waals surface area (Å²) in [5, 5.41) is 2.70. The Balaban J connectivity index is 2.34. The molecule has 2 aromatic rings. The number of para-hydroxylation sites is 1. The van der Waals surface area contributed by atoms with E-state index in [0.29, 0.717) is 15.8 Å². The highest BCUT2D eigenvalue weighted by molar-refractivity contribution is 9.10. The van der Waals surface area contributed by atoms with Crippen LogP contribution < -0.4 is 11.1 Å². The molecule has 3 nitrogen and oxygen atoms in total. The molecule has 0 heterocycles. The van der Waals surface area contributed by atoms with Gasteiger partial charge in [-0.25, -0.2) is 4.39 Å². The largest absolute Gasteiger partial charge is 0.397 e. The van der Waals surface area contributed by atoms with Crippen molar-refractivity contribution in [3.05, 3.63) is 57.8 Å². The number of aryl methyl sites for hydroxylation is 1. The van der Waals surface area contributed by atoms with Crippen molar-refractivity contribution in [1.82, 2.24) is 0 Å². The average Bonchev–Trinajstić information content (AvgIpc) is 2.37. The number of benzene rings is 2. The maximum Gasteiger partial charge on any atom is 0.256 e. The summed E-state index contributed by atoms with van der Waals surface area (Å²) in [5.74, 6) is -0.876. The molecule has 0 atom stereocenters. The molecule has 0 bridgehead atoms. The number of carbonyl (C=O) groups is 1. The lowest BCUT2D eigenvalue weighted by atomic mass is 10.1. The zero-order valence-corrected chi connectivity index (χ0v) is 11.8. The minimum Gasteiger partial charge on any atom is -0.397 e. The standard InChI is InChI=1S/C14H12BrFN2O/c1-8-3-2-4-12(17)13(8)18-14(19)10-7-9(16)5-6-11(10)15/h2-7H,17H2,1H3,(H,18,19). The summed E-state index contributed by atoms with van der Waals surface area (Å²) in [5.41, 5.74) is 7.91. The van der Waals surface area contributed by atoms with Gasteiger partial charge in [0.25, 0.3) is 5.91 Å². The number of nitrogen functional groups attached to an aromatic ring is 1. The molecular formula is C14H12BrFN2O. The second kappa shape index (κ2) is 5.40. The summed E-state index contributed by atoms with van der Waals surface area (Å²) in [6.07, 6.45) is 0. The Hall–Kier alpha value is -1.88. The number of nitrogens with one attached hydrogen (secondary N) is 1. The SMILES string of the molecule is Cc1cccc(N)c1NC(=O)c1cc(F)ccc1Br. The van der Waals surface area contributed by atoms with Gasteiger partial charge in [0, 0.05) is 4.47 Å². The third kappa shape index (κ3) is 2.93. The molecule has 3 N–H and O–H groups in total. The third-order valence-corrected chi connectivity index (χ3v) is 3.41. The van der Waals surface area contributed by atoms with Crippen molar-refractivity contribution < 1.29 is 9.18 Å². The maximum atomic E-state index is 13.2. The molecule has 2 aromatic carbocycles. The normalized spacial score (nSPS) is 10.3. The first-order chi connectivity index (χ1) is 8.99. The van der Waals surface area contributed by atoms with Crippen LogP contribution in [-0.4, -0.2) is 5.91 Å². The molecule has 2 rings (SSSR count). The van der Waals surface area contributed by atoms with Gasteiger partial charge in [-0.2, -0.15) is 0 Å². The van der Waals surface area contributed by atoms with Crippen molar-refractivity contribution in [2.75, 3.05) is 11.1 Å². The van der Waals surface area contributed by atoms with Gasteiger partial charge in [-0.1, -0.05) is 12.1 Å². The molecule has 0 aliphatic carbocycles. The molecule has 0 aromatic heterocycles. The zero-order valence-electron chi connectivity index (χ0n) is 10.2. The summed E-state index contributed by atoms with van der Waals surface area (Å²) < 4.78 is 13.7. The van der Waals surface area contributed by atoms with E-state index < -0.39 is 11.7 Å². The van der Waals surface area contributed by atoms with Gasteiger partial charge in [-0.05, 0) is 52.7 Å². The van der Waals surface area contributed by atoms with Crippen molar-refractivity contribution in [3.8, 4) is 0 Å². The van der Waals surface area contributed by atoms with Crippen molar-refractivity contribution in [2.45, 2.75) is 6.92 Å². The number of anilines is 2. The number of halogens is 2. The quantitative estimate of drug-likeness (QED) is 0.828. The first kappa shape index (κ1) is 13.5. The van der Waals surface area contributed by atoms with Crippen LogP contribution in [0.15, 0.2) is 40.9 Å². The lowest BCUT2D eigenvalue weighted by Crippen LogP contribution is -2.15. The van der Waals surface area contributed by atoms with Crippen LogP contribution in [0.5, 0.6) is 0 Å². The first-order valence-electron chi connectivity index (χ1n) is 5.60. The van der Waals surface area contributed by atoms with Crippen molar-refractivity contribution in [2.24, 2.45) is 0 Å². The maximum absolute atomic E-state index is 13.2. The smallest absolute Gasteiger partial charge is 0.256 e. The van der Waals surface area contributed by atoms with Gasteiger partial charge < -0.3 is 11.1 Å². The molecule has 19 heavy (non-hydrogen) atoms. The van der Waals surface area contributed by atoms with Gasteiger partial charge in [0.05, 0.1) is 16.9 Å². The second-order valence-corrected chi connectivity index (χ2v) is 4.97. The fourth-order valence-corrected chi connectivity index (χ4v) is 2.14. The van der Waals surface area contributed by atoms with Gasteiger partial charge in [-0.15, -0.1) is 0 Å². The van der Waals surface area contributed by atoms with Gasteiger partial charge in [0.15, 0.2) is 0 Å².